The van der Waals surface area contributed by atoms with Gasteiger partial charge in [0.05, 0.1) is 11.8 Å². The molecule has 1 heterocycles. The maximum Gasteiger partial charge on any atom is 0.337 e. The number of carboxylic acids is 1. The van der Waals surface area contributed by atoms with Crippen molar-refractivity contribution in [2.45, 2.75) is 38.1 Å². The van der Waals surface area contributed by atoms with Crippen LogP contribution in [0.25, 0.3) is 0 Å². The van der Waals surface area contributed by atoms with Gasteiger partial charge in [-0.2, -0.15) is 0 Å². The fraction of sp³-hybridized carbons (Fsp3) is 0.533. The second-order valence-electron chi connectivity index (χ2n) is 5.30. The number of hydrogen-bond acceptors (Lipinski definition) is 4. The molecule has 1 aliphatic carbocycles. The van der Waals surface area contributed by atoms with Gasteiger partial charge in [0.2, 0.25) is 0 Å². The average molecular weight is 292 g/mol. The molecule has 6 nitrogen and oxygen atoms in total. The second-order valence-corrected chi connectivity index (χ2v) is 5.30. The van der Waals surface area contributed by atoms with Crippen LogP contribution in [-0.2, 0) is 4.79 Å². The Hall–Kier alpha value is -2.11. The summed E-state index contributed by atoms with van der Waals surface area (Å²) in [4.78, 5) is 28.5. The molecule has 2 rings (SSSR count). The monoisotopic (exact) mass is 292 g/mol. The van der Waals surface area contributed by atoms with Gasteiger partial charge in [-0.25, -0.2) is 4.79 Å². The summed E-state index contributed by atoms with van der Waals surface area (Å²) in [5.74, 6) is -0.874. The number of pyridine rings is 1. The number of hydrogen-bond donors (Lipinski definition) is 1. The molecule has 1 saturated carbocycles. The largest absolute Gasteiger partial charge is 0.482 e. The molecular weight excluding hydrogens is 272 g/mol. The summed E-state index contributed by atoms with van der Waals surface area (Å²) in [5, 5.41) is 8.87. The molecule has 6 heteroatoms. The molecule has 0 spiro atoms. The molecule has 1 amide bonds. The Morgan fingerprint density at radius 3 is 2.71 bits per heavy atom. The van der Waals surface area contributed by atoms with E-state index in [1.807, 2.05) is 0 Å². The Morgan fingerprint density at radius 1 is 1.33 bits per heavy atom. The van der Waals surface area contributed by atoms with Crippen LogP contribution in [0.5, 0.6) is 5.75 Å². The van der Waals surface area contributed by atoms with E-state index >= 15 is 0 Å². The van der Waals surface area contributed by atoms with Crippen LogP contribution in [-0.4, -0.2) is 46.6 Å². The van der Waals surface area contributed by atoms with Crippen molar-refractivity contribution in [3.8, 4) is 5.75 Å². The summed E-state index contributed by atoms with van der Waals surface area (Å²) >= 11 is 0. The van der Waals surface area contributed by atoms with Crippen LogP contribution >= 0.6 is 0 Å². The number of amides is 1. The normalized spacial score (nSPS) is 15.5. The summed E-state index contributed by atoms with van der Waals surface area (Å²) in [6.45, 7) is -0.0995. The van der Waals surface area contributed by atoms with E-state index in [1.54, 1.807) is 11.9 Å². The number of ether oxygens (including phenoxy) is 1. The van der Waals surface area contributed by atoms with E-state index in [0.717, 1.165) is 25.7 Å². The lowest BCUT2D eigenvalue weighted by atomic mass is 9.94. The van der Waals surface area contributed by atoms with Crippen LogP contribution in [0.2, 0.25) is 0 Å². The number of nitrogens with zero attached hydrogens (tertiary/aromatic N) is 2. The van der Waals surface area contributed by atoms with E-state index in [2.05, 4.69) is 4.98 Å². The second kappa shape index (κ2) is 7.06. The van der Waals surface area contributed by atoms with Crippen molar-refractivity contribution in [3.05, 3.63) is 24.0 Å². The van der Waals surface area contributed by atoms with E-state index in [0.29, 0.717) is 11.8 Å². The molecule has 0 bridgehead atoms. The molecule has 1 N–H and O–H groups in total. The van der Waals surface area contributed by atoms with Gasteiger partial charge in [0, 0.05) is 19.3 Å². The molecule has 114 valence electrons. The predicted octanol–water partition coefficient (Wildman–Crippen LogP) is 1.95. The highest BCUT2D eigenvalue weighted by Crippen LogP contribution is 2.21. The van der Waals surface area contributed by atoms with E-state index in [-0.39, 0.29) is 18.1 Å². The van der Waals surface area contributed by atoms with E-state index < -0.39 is 5.97 Å². The van der Waals surface area contributed by atoms with Crippen LogP contribution < -0.4 is 4.74 Å². The number of likely N-dealkylation sites (N-methyl/N-ethyl adjacent to an activating group) is 1. The third kappa shape index (κ3) is 4.18. The third-order valence-corrected chi connectivity index (χ3v) is 3.84. The summed E-state index contributed by atoms with van der Waals surface area (Å²) in [5.41, 5.74) is 0.0422. The van der Waals surface area contributed by atoms with Gasteiger partial charge in [0.15, 0.2) is 6.61 Å². The molecule has 0 saturated heterocycles. The minimum Gasteiger partial charge on any atom is -0.482 e. The van der Waals surface area contributed by atoms with Gasteiger partial charge < -0.3 is 14.7 Å². The zero-order valence-corrected chi connectivity index (χ0v) is 12.1. The van der Waals surface area contributed by atoms with E-state index in [1.165, 1.54) is 24.9 Å². The van der Waals surface area contributed by atoms with Crippen LogP contribution in [0.3, 0.4) is 0 Å². The van der Waals surface area contributed by atoms with Crippen molar-refractivity contribution in [2.24, 2.45) is 0 Å². The topological polar surface area (TPSA) is 79.7 Å². The van der Waals surface area contributed by atoms with Crippen molar-refractivity contribution in [3.63, 3.8) is 0 Å². The Labute approximate surface area is 123 Å². The first-order valence-electron chi connectivity index (χ1n) is 7.14. The standard InChI is InChI=1S/C15H20N2O4/c1-17(12-5-3-2-4-6-12)14(18)10-21-13-7-11(15(19)20)8-16-9-13/h7-9,12H,2-6,10H2,1H3,(H,19,20). The fourth-order valence-corrected chi connectivity index (χ4v) is 2.53. The SMILES string of the molecule is CN(C(=O)COc1cncc(C(=O)O)c1)C1CCCCC1. The van der Waals surface area contributed by atoms with Crippen molar-refractivity contribution >= 4 is 11.9 Å². The highest BCUT2D eigenvalue weighted by Gasteiger charge is 2.22. The van der Waals surface area contributed by atoms with Crippen LogP contribution in [0.1, 0.15) is 42.5 Å². The summed E-state index contributed by atoms with van der Waals surface area (Å²) in [7, 11) is 1.80. The van der Waals surface area contributed by atoms with Crippen molar-refractivity contribution in [1.29, 1.82) is 0 Å². The third-order valence-electron chi connectivity index (χ3n) is 3.84. The predicted molar refractivity (Wildman–Crippen MR) is 76.3 cm³/mol. The quantitative estimate of drug-likeness (QED) is 0.897. The Morgan fingerprint density at radius 2 is 2.05 bits per heavy atom. The minimum absolute atomic E-state index is 0.0422. The molecule has 1 aromatic heterocycles. The maximum absolute atomic E-state index is 12.1. The molecule has 0 aromatic carbocycles. The van der Waals surface area contributed by atoms with E-state index in [9.17, 15) is 9.59 Å². The van der Waals surface area contributed by atoms with Crippen molar-refractivity contribution < 1.29 is 19.4 Å². The first-order chi connectivity index (χ1) is 10.1. The zero-order valence-electron chi connectivity index (χ0n) is 12.1. The Kier molecular flexibility index (Phi) is 5.14. The Bertz CT molecular complexity index is 512. The molecule has 1 fully saturated rings. The van der Waals surface area contributed by atoms with Crippen molar-refractivity contribution in [1.82, 2.24) is 9.88 Å². The minimum atomic E-state index is -1.07. The lowest BCUT2D eigenvalue weighted by Gasteiger charge is -2.31. The van der Waals surface area contributed by atoms with E-state index in [4.69, 9.17) is 9.84 Å². The average Bonchev–Trinajstić information content (AvgIpc) is 2.53. The zero-order chi connectivity index (χ0) is 15.2. The molecule has 21 heavy (non-hydrogen) atoms. The maximum atomic E-state index is 12.1. The lowest BCUT2D eigenvalue weighted by Crippen LogP contribution is -2.40. The number of aromatic carboxylic acids is 1. The molecule has 0 radical (unpaired) electrons. The summed E-state index contributed by atoms with van der Waals surface area (Å²) < 4.78 is 5.35. The van der Waals surface area contributed by atoms with Gasteiger partial charge in [-0.15, -0.1) is 0 Å². The highest BCUT2D eigenvalue weighted by atomic mass is 16.5. The molecule has 1 aliphatic rings. The van der Waals surface area contributed by atoms with Crippen LogP contribution in [0.15, 0.2) is 18.5 Å². The van der Waals surface area contributed by atoms with Crippen LogP contribution in [0, 0.1) is 0 Å². The summed E-state index contributed by atoms with van der Waals surface area (Å²) in [6.07, 6.45) is 8.28. The Balaban J connectivity index is 1.88. The first-order valence-corrected chi connectivity index (χ1v) is 7.14. The van der Waals surface area contributed by atoms with Gasteiger partial charge in [-0.3, -0.25) is 9.78 Å². The fourth-order valence-electron chi connectivity index (χ4n) is 2.53. The van der Waals surface area contributed by atoms with Gasteiger partial charge in [0.25, 0.3) is 5.91 Å². The van der Waals surface area contributed by atoms with Crippen molar-refractivity contribution in [2.75, 3.05) is 13.7 Å². The van der Waals surface area contributed by atoms with Gasteiger partial charge in [-0.1, -0.05) is 19.3 Å². The molecule has 0 atom stereocenters. The molecular formula is C15H20N2O4. The van der Waals surface area contributed by atoms with Gasteiger partial charge >= 0.3 is 5.97 Å². The number of carbonyl (C=O) groups is 2. The van der Waals surface area contributed by atoms with Gasteiger partial charge in [0.1, 0.15) is 5.75 Å². The number of rotatable bonds is 5. The molecule has 1 aromatic rings. The number of carboxylic acid groups (broad SMARTS) is 1. The first kappa shape index (κ1) is 15.3. The smallest absolute Gasteiger partial charge is 0.337 e. The molecule has 0 unspecified atom stereocenters. The summed E-state index contributed by atoms with van der Waals surface area (Å²) in [6, 6.07) is 1.65. The van der Waals surface area contributed by atoms with Gasteiger partial charge in [-0.05, 0) is 18.9 Å². The highest BCUT2D eigenvalue weighted by molar-refractivity contribution is 5.87. The molecule has 0 aliphatic heterocycles. The number of aromatic nitrogens is 1. The van der Waals surface area contributed by atoms with Crippen LogP contribution in [0.4, 0.5) is 0 Å². The number of carbonyl (C=O) groups excluding carboxylic acids is 1. The lowest BCUT2D eigenvalue weighted by molar-refractivity contribution is -0.134.